The molecular weight excluding hydrogens is 306 g/mol. The largest absolute Gasteiger partial charge is 0.399 e. The second kappa shape index (κ2) is 6.52. The van der Waals surface area contributed by atoms with Crippen LogP contribution in [-0.2, 0) is 0 Å². The van der Waals surface area contributed by atoms with Gasteiger partial charge in [-0.25, -0.2) is 0 Å². The molecule has 1 saturated heterocycles. The van der Waals surface area contributed by atoms with Gasteiger partial charge in [-0.15, -0.1) is 0 Å². The van der Waals surface area contributed by atoms with E-state index in [4.69, 9.17) is 11.5 Å². The van der Waals surface area contributed by atoms with E-state index < -0.39 is 0 Å². The summed E-state index contributed by atoms with van der Waals surface area (Å²) in [5.41, 5.74) is 17.3. The second-order valence-electron chi connectivity index (χ2n) is 6.69. The molecule has 1 aliphatic heterocycles. The highest BCUT2D eigenvalue weighted by atomic mass is 15.2. The van der Waals surface area contributed by atoms with Crippen molar-refractivity contribution >= 4 is 17.1 Å². The average molecular weight is 329 g/mol. The molecule has 0 aromatic heterocycles. The molecule has 0 saturated carbocycles. The molecule has 0 amide bonds. The first-order valence-electron chi connectivity index (χ1n) is 8.76. The molecule has 3 heteroatoms. The Morgan fingerprint density at radius 3 is 1.48 bits per heavy atom. The summed E-state index contributed by atoms with van der Waals surface area (Å²) >= 11 is 0. The monoisotopic (exact) mass is 329 g/mol. The molecule has 1 fully saturated rings. The first-order chi connectivity index (χ1) is 12.2. The van der Waals surface area contributed by atoms with Crippen LogP contribution >= 0.6 is 0 Å². The first kappa shape index (κ1) is 15.6. The van der Waals surface area contributed by atoms with E-state index in [1.807, 2.05) is 24.3 Å². The lowest BCUT2D eigenvalue weighted by Gasteiger charge is -2.33. The fourth-order valence-electron chi connectivity index (χ4n) is 3.86. The number of anilines is 3. The van der Waals surface area contributed by atoms with Gasteiger partial charge in [0.1, 0.15) is 0 Å². The maximum atomic E-state index is 5.88. The minimum atomic E-state index is 0.352. The number of nitrogen functional groups attached to an aromatic ring is 2. The maximum Gasteiger partial charge on any atom is 0.0549 e. The Morgan fingerprint density at radius 2 is 1.04 bits per heavy atom. The number of rotatable bonds is 3. The van der Waals surface area contributed by atoms with E-state index in [1.165, 1.54) is 16.8 Å². The lowest BCUT2D eigenvalue weighted by atomic mass is 10.0. The third-order valence-electron chi connectivity index (χ3n) is 5.08. The molecule has 3 aromatic rings. The Balaban J connectivity index is 1.75. The average Bonchev–Trinajstić information content (AvgIpc) is 3.09. The number of hydrogen-bond donors (Lipinski definition) is 2. The third kappa shape index (κ3) is 3.05. The molecule has 126 valence electrons. The van der Waals surface area contributed by atoms with Gasteiger partial charge in [0, 0.05) is 17.1 Å². The molecule has 2 atom stereocenters. The first-order valence-corrected chi connectivity index (χ1v) is 8.76. The van der Waals surface area contributed by atoms with Gasteiger partial charge >= 0.3 is 0 Å². The molecule has 0 bridgehead atoms. The van der Waals surface area contributed by atoms with Crippen LogP contribution in [0.1, 0.15) is 36.1 Å². The minimum absolute atomic E-state index is 0.352. The van der Waals surface area contributed by atoms with Gasteiger partial charge in [-0.05, 0) is 60.4 Å². The summed E-state index contributed by atoms with van der Waals surface area (Å²) in [6.07, 6.45) is 2.24. The summed E-state index contributed by atoms with van der Waals surface area (Å²) in [6, 6.07) is 28.0. The molecule has 4 rings (SSSR count). The predicted molar refractivity (Wildman–Crippen MR) is 105 cm³/mol. The van der Waals surface area contributed by atoms with Crippen molar-refractivity contribution < 1.29 is 0 Å². The van der Waals surface area contributed by atoms with Crippen molar-refractivity contribution in [3.05, 3.63) is 90.0 Å². The van der Waals surface area contributed by atoms with Crippen LogP contribution in [0.25, 0.3) is 0 Å². The van der Waals surface area contributed by atoms with E-state index in [0.717, 1.165) is 24.2 Å². The quantitative estimate of drug-likeness (QED) is 0.670. The van der Waals surface area contributed by atoms with Gasteiger partial charge in [0.15, 0.2) is 0 Å². The molecule has 1 heterocycles. The Morgan fingerprint density at radius 1 is 0.600 bits per heavy atom. The fourth-order valence-corrected chi connectivity index (χ4v) is 3.86. The van der Waals surface area contributed by atoms with Crippen LogP contribution in [0.15, 0.2) is 78.9 Å². The Kier molecular flexibility index (Phi) is 4.06. The fraction of sp³-hybridized carbons (Fsp3) is 0.182. The summed E-state index contributed by atoms with van der Waals surface area (Å²) in [5, 5.41) is 0. The Bertz CT molecular complexity index is 772. The SMILES string of the molecule is Nc1ccc([C@H]2CC[C@H](c3ccc(N)cc3)N2c2ccccc2)cc1. The zero-order valence-electron chi connectivity index (χ0n) is 14.2. The number of benzene rings is 3. The van der Waals surface area contributed by atoms with Gasteiger partial charge in [-0.2, -0.15) is 0 Å². The van der Waals surface area contributed by atoms with Gasteiger partial charge in [-0.3, -0.25) is 0 Å². The van der Waals surface area contributed by atoms with E-state index in [1.54, 1.807) is 0 Å². The van der Waals surface area contributed by atoms with Crippen molar-refractivity contribution in [1.82, 2.24) is 0 Å². The van der Waals surface area contributed by atoms with Gasteiger partial charge in [0.25, 0.3) is 0 Å². The summed E-state index contributed by atoms with van der Waals surface area (Å²) < 4.78 is 0. The van der Waals surface area contributed by atoms with Gasteiger partial charge in [0.05, 0.1) is 12.1 Å². The van der Waals surface area contributed by atoms with Crippen LogP contribution in [0.4, 0.5) is 17.1 Å². The molecular formula is C22H23N3. The Labute approximate surface area is 148 Å². The predicted octanol–water partition coefficient (Wildman–Crippen LogP) is 4.93. The standard InChI is InChI=1S/C22H23N3/c23-18-10-6-16(7-11-18)21-14-15-22(17-8-12-19(24)13-9-17)25(21)20-4-2-1-3-5-20/h1-13,21-22H,14-15,23-24H2/t21-,22-/m1/s1. The van der Waals surface area contributed by atoms with Crippen LogP contribution in [0.2, 0.25) is 0 Å². The highest BCUT2D eigenvalue weighted by molar-refractivity contribution is 5.54. The van der Waals surface area contributed by atoms with Crippen LogP contribution < -0.4 is 16.4 Å². The Hall–Kier alpha value is -2.94. The summed E-state index contributed by atoms with van der Waals surface area (Å²) in [5.74, 6) is 0. The van der Waals surface area contributed by atoms with E-state index in [-0.39, 0.29) is 0 Å². The van der Waals surface area contributed by atoms with E-state index >= 15 is 0 Å². The topological polar surface area (TPSA) is 55.3 Å². The van der Waals surface area contributed by atoms with Crippen molar-refractivity contribution in [2.75, 3.05) is 16.4 Å². The molecule has 4 N–H and O–H groups in total. The van der Waals surface area contributed by atoms with Crippen molar-refractivity contribution in [3.8, 4) is 0 Å². The maximum absolute atomic E-state index is 5.88. The number of hydrogen-bond acceptors (Lipinski definition) is 3. The molecule has 1 aliphatic rings. The van der Waals surface area contributed by atoms with E-state index in [9.17, 15) is 0 Å². The molecule has 0 radical (unpaired) electrons. The van der Waals surface area contributed by atoms with E-state index in [2.05, 4.69) is 59.5 Å². The molecule has 3 aromatic carbocycles. The summed E-state index contributed by atoms with van der Waals surface area (Å²) in [7, 11) is 0. The van der Waals surface area contributed by atoms with Crippen molar-refractivity contribution in [2.45, 2.75) is 24.9 Å². The van der Waals surface area contributed by atoms with E-state index in [0.29, 0.717) is 12.1 Å². The van der Waals surface area contributed by atoms with Gasteiger partial charge in [0.2, 0.25) is 0 Å². The lowest BCUT2D eigenvalue weighted by molar-refractivity contribution is 0.674. The van der Waals surface area contributed by atoms with Crippen molar-refractivity contribution in [2.24, 2.45) is 0 Å². The molecule has 0 aliphatic carbocycles. The second-order valence-corrected chi connectivity index (χ2v) is 6.69. The number of nitrogens with two attached hydrogens (primary N) is 2. The minimum Gasteiger partial charge on any atom is -0.399 e. The summed E-state index contributed by atoms with van der Waals surface area (Å²) in [6.45, 7) is 0. The number of nitrogens with zero attached hydrogens (tertiary/aromatic N) is 1. The van der Waals surface area contributed by atoms with Crippen LogP contribution in [0.5, 0.6) is 0 Å². The summed E-state index contributed by atoms with van der Waals surface area (Å²) in [4.78, 5) is 2.54. The smallest absolute Gasteiger partial charge is 0.0549 e. The van der Waals surface area contributed by atoms with Crippen molar-refractivity contribution in [1.29, 1.82) is 0 Å². The van der Waals surface area contributed by atoms with Gasteiger partial charge < -0.3 is 16.4 Å². The third-order valence-corrected chi connectivity index (χ3v) is 5.08. The zero-order valence-corrected chi connectivity index (χ0v) is 14.2. The van der Waals surface area contributed by atoms with Crippen LogP contribution in [-0.4, -0.2) is 0 Å². The lowest BCUT2D eigenvalue weighted by Crippen LogP contribution is -2.26. The zero-order chi connectivity index (χ0) is 17.2. The molecule has 25 heavy (non-hydrogen) atoms. The molecule has 0 spiro atoms. The van der Waals surface area contributed by atoms with Crippen LogP contribution in [0, 0.1) is 0 Å². The normalized spacial score (nSPS) is 19.9. The van der Waals surface area contributed by atoms with Gasteiger partial charge in [-0.1, -0.05) is 42.5 Å². The highest BCUT2D eigenvalue weighted by Crippen LogP contribution is 2.46. The molecule has 0 unspecified atom stereocenters. The molecule has 3 nitrogen and oxygen atoms in total. The number of para-hydroxylation sites is 1. The van der Waals surface area contributed by atoms with Crippen LogP contribution in [0.3, 0.4) is 0 Å². The highest BCUT2D eigenvalue weighted by Gasteiger charge is 2.35. The van der Waals surface area contributed by atoms with Crippen molar-refractivity contribution in [3.63, 3.8) is 0 Å².